The second-order valence-corrected chi connectivity index (χ2v) is 8.24. The van der Waals surface area contributed by atoms with Gasteiger partial charge in [-0.05, 0) is 37.5 Å². The zero-order chi connectivity index (χ0) is 19.0. The molecule has 2 rings (SSSR count). The molecule has 1 aliphatic rings. The largest absolute Gasteiger partial charge is 0.456 e. The molecule has 144 valence electrons. The van der Waals surface area contributed by atoms with Crippen LogP contribution in [0.5, 0.6) is 0 Å². The van der Waals surface area contributed by atoms with E-state index in [0.29, 0.717) is 18.8 Å². The summed E-state index contributed by atoms with van der Waals surface area (Å²) in [4.78, 5) is 23.5. The molecule has 1 aromatic rings. The zero-order valence-electron chi connectivity index (χ0n) is 15.1. The quantitative estimate of drug-likeness (QED) is 0.698. The minimum Gasteiger partial charge on any atom is -0.456 e. The molecule has 0 spiro atoms. The number of rotatable bonds is 8. The fraction of sp³-hybridized carbons (Fsp3) is 0.556. The van der Waals surface area contributed by atoms with E-state index in [2.05, 4.69) is 5.32 Å². The van der Waals surface area contributed by atoms with Gasteiger partial charge in [0.2, 0.25) is 10.0 Å². The molecular formula is C18H26N2O5S. The van der Waals surface area contributed by atoms with Crippen LogP contribution in [0.15, 0.2) is 29.2 Å². The molecule has 0 bridgehead atoms. The topological polar surface area (TPSA) is 92.8 Å². The summed E-state index contributed by atoms with van der Waals surface area (Å²) in [6.45, 7) is 2.62. The molecule has 7 nitrogen and oxygen atoms in total. The lowest BCUT2D eigenvalue weighted by molar-refractivity contribution is -0.147. The Labute approximate surface area is 154 Å². The van der Waals surface area contributed by atoms with Crippen LogP contribution in [0.2, 0.25) is 0 Å². The van der Waals surface area contributed by atoms with Crippen LogP contribution in [0, 0.1) is 0 Å². The number of anilines is 1. The minimum atomic E-state index is -3.56. The average molecular weight is 382 g/mol. The van der Waals surface area contributed by atoms with Crippen molar-refractivity contribution in [3.63, 3.8) is 0 Å². The zero-order valence-corrected chi connectivity index (χ0v) is 15.9. The Kier molecular flexibility index (Phi) is 7.59. The van der Waals surface area contributed by atoms with Gasteiger partial charge in [0.05, 0.1) is 4.90 Å². The van der Waals surface area contributed by atoms with Gasteiger partial charge in [0, 0.05) is 25.2 Å². The monoisotopic (exact) mass is 382 g/mol. The first-order valence-corrected chi connectivity index (χ1v) is 10.4. The smallest absolute Gasteiger partial charge is 0.306 e. The number of piperidine rings is 1. The highest BCUT2D eigenvalue weighted by atomic mass is 32.2. The van der Waals surface area contributed by atoms with E-state index >= 15 is 0 Å². The van der Waals surface area contributed by atoms with Gasteiger partial charge in [-0.1, -0.05) is 25.8 Å². The molecule has 0 unspecified atom stereocenters. The number of sulfonamides is 1. The number of nitrogens with zero attached hydrogens (tertiary/aromatic N) is 1. The highest BCUT2D eigenvalue weighted by Gasteiger charge is 2.26. The van der Waals surface area contributed by atoms with Crippen LogP contribution in [0.4, 0.5) is 5.69 Å². The summed E-state index contributed by atoms with van der Waals surface area (Å²) in [5, 5.41) is 2.57. The lowest BCUT2D eigenvalue weighted by Gasteiger charge is -2.26. The fourth-order valence-electron chi connectivity index (χ4n) is 2.73. The maximum absolute atomic E-state index is 12.7. The van der Waals surface area contributed by atoms with Gasteiger partial charge < -0.3 is 10.1 Å². The van der Waals surface area contributed by atoms with Crippen LogP contribution in [0.1, 0.15) is 45.4 Å². The van der Waals surface area contributed by atoms with Gasteiger partial charge in [0.15, 0.2) is 6.61 Å². The number of nitrogens with one attached hydrogen (secondary N) is 1. The molecule has 1 N–H and O–H groups in total. The highest BCUT2D eigenvalue weighted by molar-refractivity contribution is 7.89. The molecule has 0 aromatic heterocycles. The fourth-order valence-corrected chi connectivity index (χ4v) is 4.29. The van der Waals surface area contributed by atoms with Crippen molar-refractivity contribution in [3.05, 3.63) is 24.3 Å². The molecule has 1 heterocycles. The molecule has 1 fully saturated rings. The standard InChI is InChI=1S/C18H26N2O5S/c1-2-3-10-18(22)25-14-17(21)19-15-8-7-9-16(13-15)26(23,24)20-11-5-4-6-12-20/h7-9,13H,2-6,10-12,14H2,1H3,(H,19,21). The number of amides is 1. The summed E-state index contributed by atoms with van der Waals surface area (Å²) in [6, 6.07) is 6.14. The number of ether oxygens (including phenoxy) is 1. The van der Waals surface area contributed by atoms with E-state index in [1.54, 1.807) is 12.1 Å². The predicted octanol–water partition coefficient (Wildman–Crippen LogP) is 2.53. The third-order valence-electron chi connectivity index (χ3n) is 4.17. The predicted molar refractivity (Wildman–Crippen MR) is 98.2 cm³/mol. The Hall–Kier alpha value is -1.93. The summed E-state index contributed by atoms with van der Waals surface area (Å²) in [5.41, 5.74) is 0.359. The number of esters is 1. The highest BCUT2D eigenvalue weighted by Crippen LogP contribution is 2.22. The number of carbonyl (C=O) groups excluding carboxylic acids is 2. The van der Waals surface area contributed by atoms with Crippen molar-refractivity contribution < 1.29 is 22.7 Å². The number of hydrogen-bond donors (Lipinski definition) is 1. The van der Waals surface area contributed by atoms with Gasteiger partial charge in [-0.25, -0.2) is 8.42 Å². The van der Waals surface area contributed by atoms with E-state index in [1.807, 2.05) is 6.92 Å². The van der Waals surface area contributed by atoms with Gasteiger partial charge in [-0.3, -0.25) is 9.59 Å². The molecule has 1 saturated heterocycles. The van der Waals surface area contributed by atoms with Crippen LogP contribution in [0.3, 0.4) is 0 Å². The Balaban J connectivity index is 1.96. The van der Waals surface area contributed by atoms with Gasteiger partial charge in [-0.15, -0.1) is 0 Å². The van der Waals surface area contributed by atoms with Crippen LogP contribution < -0.4 is 5.32 Å². The molecule has 0 saturated carbocycles. The maximum atomic E-state index is 12.7. The van der Waals surface area contributed by atoms with Crippen molar-refractivity contribution in [2.24, 2.45) is 0 Å². The van der Waals surface area contributed by atoms with Crippen molar-refractivity contribution in [1.29, 1.82) is 0 Å². The number of benzene rings is 1. The second kappa shape index (κ2) is 9.68. The van der Waals surface area contributed by atoms with E-state index in [1.165, 1.54) is 16.4 Å². The first-order chi connectivity index (χ1) is 12.4. The lowest BCUT2D eigenvalue weighted by atomic mass is 10.2. The van der Waals surface area contributed by atoms with Gasteiger partial charge >= 0.3 is 5.97 Å². The van der Waals surface area contributed by atoms with Crippen LogP contribution in [-0.4, -0.2) is 44.3 Å². The third-order valence-corrected chi connectivity index (χ3v) is 6.06. The SMILES string of the molecule is CCCCC(=O)OCC(=O)Nc1cccc(S(=O)(=O)N2CCCCC2)c1. The summed E-state index contributed by atoms with van der Waals surface area (Å²) in [5.74, 6) is -0.911. The summed E-state index contributed by atoms with van der Waals surface area (Å²) >= 11 is 0. The van der Waals surface area contributed by atoms with Crippen molar-refractivity contribution in [1.82, 2.24) is 4.31 Å². The summed E-state index contributed by atoms with van der Waals surface area (Å²) in [6.07, 6.45) is 4.64. The summed E-state index contributed by atoms with van der Waals surface area (Å²) < 4.78 is 31.7. The molecule has 0 radical (unpaired) electrons. The number of unbranched alkanes of at least 4 members (excludes halogenated alkanes) is 1. The number of carbonyl (C=O) groups is 2. The normalized spacial score (nSPS) is 15.4. The van der Waals surface area contributed by atoms with Gasteiger partial charge in [-0.2, -0.15) is 4.31 Å². The molecule has 26 heavy (non-hydrogen) atoms. The third kappa shape index (κ3) is 5.81. The lowest BCUT2D eigenvalue weighted by Crippen LogP contribution is -2.35. The molecule has 1 aliphatic heterocycles. The molecule has 1 aromatic carbocycles. The number of hydrogen-bond acceptors (Lipinski definition) is 5. The molecule has 1 amide bonds. The first-order valence-electron chi connectivity index (χ1n) is 8.99. The first kappa shape index (κ1) is 20.4. The minimum absolute atomic E-state index is 0.150. The van der Waals surface area contributed by atoms with Crippen molar-refractivity contribution in [3.8, 4) is 0 Å². The van der Waals surface area contributed by atoms with Crippen LogP contribution in [0.25, 0.3) is 0 Å². The van der Waals surface area contributed by atoms with E-state index in [4.69, 9.17) is 4.74 Å². The Morgan fingerprint density at radius 1 is 1.19 bits per heavy atom. The van der Waals surface area contributed by atoms with E-state index in [0.717, 1.165) is 32.1 Å². The van der Waals surface area contributed by atoms with Gasteiger partial charge in [0.25, 0.3) is 5.91 Å². The molecular weight excluding hydrogens is 356 g/mol. The molecule has 0 aliphatic carbocycles. The Morgan fingerprint density at radius 3 is 2.62 bits per heavy atom. The Bertz CT molecular complexity index is 727. The van der Waals surface area contributed by atoms with E-state index in [-0.39, 0.29) is 17.9 Å². The molecule has 8 heteroatoms. The van der Waals surface area contributed by atoms with Gasteiger partial charge in [0.1, 0.15) is 0 Å². The average Bonchev–Trinajstić information content (AvgIpc) is 2.65. The second-order valence-electron chi connectivity index (χ2n) is 6.30. The van der Waals surface area contributed by atoms with E-state index in [9.17, 15) is 18.0 Å². The van der Waals surface area contributed by atoms with Crippen molar-refractivity contribution >= 4 is 27.6 Å². The Morgan fingerprint density at radius 2 is 1.92 bits per heavy atom. The maximum Gasteiger partial charge on any atom is 0.306 e. The summed E-state index contributed by atoms with van der Waals surface area (Å²) in [7, 11) is -3.56. The van der Waals surface area contributed by atoms with Crippen molar-refractivity contribution in [2.75, 3.05) is 25.0 Å². The molecule has 0 atom stereocenters. The van der Waals surface area contributed by atoms with Crippen LogP contribution in [-0.2, 0) is 24.3 Å². The van der Waals surface area contributed by atoms with Crippen LogP contribution >= 0.6 is 0 Å². The van der Waals surface area contributed by atoms with Crippen molar-refractivity contribution in [2.45, 2.75) is 50.3 Å². The van der Waals surface area contributed by atoms with E-state index < -0.39 is 21.9 Å².